The van der Waals surface area contributed by atoms with Gasteiger partial charge in [-0.15, -0.1) is 0 Å². The number of ether oxygens (including phenoxy) is 4. The quantitative estimate of drug-likeness (QED) is 0.0731. The summed E-state index contributed by atoms with van der Waals surface area (Å²) in [4.78, 5) is 0. The third-order valence-electron chi connectivity index (χ3n) is 15.7. The van der Waals surface area contributed by atoms with Crippen molar-refractivity contribution in [3.8, 4) is 97.7 Å². The molecule has 81 heavy (non-hydrogen) atoms. The lowest BCUT2D eigenvalue weighted by Crippen LogP contribution is -2.38. The van der Waals surface area contributed by atoms with Crippen LogP contribution in [0.15, 0.2) is 121 Å². The summed E-state index contributed by atoms with van der Waals surface area (Å²) in [5.41, 5.74) is -0.427. The van der Waals surface area contributed by atoms with E-state index in [2.05, 4.69) is 0 Å². The number of aliphatic hydroxyl groups excluding tert-OH is 4. The number of benzene rings is 8. The van der Waals surface area contributed by atoms with Gasteiger partial charge in [0.1, 0.15) is 76.2 Å². The van der Waals surface area contributed by atoms with E-state index in [0.29, 0.717) is 0 Å². The summed E-state index contributed by atoms with van der Waals surface area (Å²) in [6.07, 6.45) is -13.3. The van der Waals surface area contributed by atoms with Crippen molar-refractivity contribution in [2.75, 3.05) is 0 Å². The second-order valence-corrected chi connectivity index (χ2v) is 20.5. The third kappa shape index (κ3) is 8.48. The van der Waals surface area contributed by atoms with Crippen LogP contribution >= 0.6 is 0 Å². The zero-order chi connectivity index (χ0) is 57.2. The first-order chi connectivity index (χ1) is 38.7. The third-order valence-corrected chi connectivity index (χ3v) is 15.7. The second kappa shape index (κ2) is 19.2. The lowest BCUT2D eigenvalue weighted by atomic mass is 9.72. The first kappa shape index (κ1) is 51.9. The van der Waals surface area contributed by atoms with Crippen LogP contribution in [0.3, 0.4) is 0 Å². The maximum Gasteiger partial charge on any atom is 0.157 e. The molecule has 21 nitrogen and oxygen atoms in total. The number of hydrogen-bond donors (Lipinski definition) is 17. The summed E-state index contributed by atoms with van der Waals surface area (Å²) in [6.45, 7) is 0. The van der Waals surface area contributed by atoms with Crippen LogP contribution in [0.1, 0.15) is 103 Å². The van der Waals surface area contributed by atoms with E-state index in [1.54, 1.807) is 0 Å². The molecule has 0 spiro atoms. The molecule has 4 aliphatic rings. The number of fused-ring (bicyclic) bond motifs is 4. The van der Waals surface area contributed by atoms with Crippen LogP contribution in [0, 0.1) is 0 Å². The van der Waals surface area contributed by atoms with Gasteiger partial charge in [-0.05, 0) is 89.0 Å². The Bertz CT molecular complexity index is 3860. The van der Waals surface area contributed by atoms with Crippen molar-refractivity contribution in [1.29, 1.82) is 0 Å². The molecule has 0 fully saturated rings. The Hall–Kier alpha value is -9.80. The zero-order valence-corrected chi connectivity index (χ0v) is 41.8. The fourth-order valence-electron chi connectivity index (χ4n) is 11.8. The predicted octanol–water partition coefficient (Wildman–Crippen LogP) is 6.78. The van der Waals surface area contributed by atoms with Crippen molar-refractivity contribution < 1.29 is 106 Å². The van der Waals surface area contributed by atoms with Crippen molar-refractivity contribution in [1.82, 2.24) is 0 Å². The van der Waals surface area contributed by atoms with Crippen LogP contribution in [0.2, 0.25) is 0 Å². The number of aliphatic hydroxyl groups is 4. The van der Waals surface area contributed by atoms with Gasteiger partial charge < -0.3 is 106 Å². The van der Waals surface area contributed by atoms with E-state index < -0.39 is 142 Å². The van der Waals surface area contributed by atoms with E-state index >= 15 is 0 Å². The highest BCUT2D eigenvalue weighted by molar-refractivity contribution is 5.71. The molecule has 12 rings (SSSR count). The van der Waals surface area contributed by atoms with Crippen LogP contribution in [-0.4, -0.2) is 111 Å². The lowest BCUT2D eigenvalue weighted by Gasteiger charge is -2.43. The highest BCUT2D eigenvalue weighted by Gasteiger charge is 2.51. The molecule has 0 saturated carbocycles. The van der Waals surface area contributed by atoms with Gasteiger partial charge in [0.25, 0.3) is 0 Å². The molecule has 0 aromatic heterocycles. The molecule has 416 valence electrons. The lowest BCUT2D eigenvalue weighted by molar-refractivity contribution is -0.000202. The largest absolute Gasteiger partial charge is 0.508 e. The molecule has 0 radical (unpaired) electrons. The van der Waals surface area contributed by atoms with Crippen molar-refractivity contribution in [3.05, 3.63) is 183 Å². The maximum atomic E-state index is 13.5. The summed E-state index contributed by atoms with van der Waals surface area (Å²) in [6, 6.07) is 24.9. The fourth-order valence-corrected chi connectivity index (χ4v) is 11.8. The Balaban J connectivity index is 1.13. The molecule has 8 aromatic rings. The van der Waals surface area contributed by atoms with Gasteiger partial charge in [0.15, 0.2) is 64.3 Å². The Kier molecular flexibility index (Phi) is 12.3. The van der Waals surface area contributed by atoms with Gasteiger partial charge in [-0.2, -0.15) is 0 Å². The summed E-state index contributed by atoms with van der Waals surface area (Å²) in [7, 11) is 0. The van der Waals surface area contributed by atoms with E-state index in [4.69, 9.17) is 18.9 Å². The van der Waals surface area contributed by atoms with E-state index in [9.17, 15) is 86.8 Å². The molecular weight excluding hydrogens is 1060 g/mol. The Morgan fingerprint density at radius 2 is 0.704 bits per heavy atom. The Labute approximate surface area is 457 Å². The van der Waals surface area contributed by atoms with Crippen LogP contribution < -0.4 is 18.9 Å². The van der Waals surface area contributed by atoms with Crippen LogP contribution in [-0.2, 0) is 6.42 Å². The van der Waals surface area contributed by atoms with E-state index in [1.165, 1.54) is 78.9 Å². The molecule has 0 bridgehead atoms. The summed E-state index contributed by atoms with van der Waals surface area (Å²) in [5.74, 6) is -12.2. The second-order valence-electron chi connectivity index (χ2n) is 20.5. The monoisotopic (exact) mass is 1110 g/mol. The van der Waals surface area contributed by atoms with Gasteiger partial charge in [-0.1, -0.05) is 36.4 Å². The molecule has 8 aromatic carbocycles. The van der Waals surface area contributed by atoms with Gasteiger partial charge >= 0.3 is 0 Å². The van der Waals surface area contributed by atoms with Crippen LogP contribution in [0.4, 0.5) is 0 Å². The predicted molar refractivity (Wildman–Crippen MR) is 280 cm³/mol. The van der Waals surface area contributed by atoms with Crippen LogP contribution in [0.5, 0.6) is 97.7 Å². The normalized spacial score (nSPS) is 24.4. The first-order valence-electron chi connectivity index (χ1n) is 25.3. The maximum absolute atomic E-state index is 13.5. The topological polar surface area (TPSA) is 381 Å². The first-order valence-corrected chi connectivity index (χ1v) is 25.3. The summed E-state index contributed by atoms with van der Waals surface area (Å²) in [5, 5.41) is 194. The van der Waals surface area contributed by atoms with Crippen molar-refractivity contribution >= 4 is 0 Å². The van der Waals surface area contributed by atoms with E-state index in [1.807, 2.05) is 0 Å². The fraction of sp³-hybridized carbons (Fsp3) is 0.200. The van der Waals surface area contributed by atoms with E-state index in [-0.39, 0.29) is 90.1 Å². The molecule has 17 N–H and O–H groups in total. The highest BCUT2D eigenvalue weighted by atomic mass is 16.5. The Morgan fingerprint density at radius 1 is 0.309 bits per heavy atom. The van der Waals surface area contributed by atoms with Gasteiger partial charge in [-0.25, -0.2) is 0 Å². The van der Waals surface area contributed by atoms with Gasteiger partial charge in [-0.3, -0.25) is 0 Å². The Morgan fingerprint density at radius 3 is 1.15 bits per heavy atom. The molecule has 11 atom stereocenters. The molecular formula is C60H50O21. The zero-order valence-electron chi connectivity index (χ0n) is 41.8. The molecule has 0 aliphatic carbocycles. The number of phenolic OH excluding ortho intramolecular Hbond substituents is 13. The number of aromatic hydroxyl groups is 13. The van der Waals surface area contributed by atoms with E-state index in [0.717, 1.165) is 42.5 Å². The highest BCUT2D eigenvalue weighted by Crippen LogP contribution is 2.62. The molecule has 4 aliphatic heterocycles. The summed E-state index contributed by atoms with van der Waals surface area (Å²) >= 11 is 0. The van der Waals surface area contributed by atoms with Gasteiger partial charge in [0.2, 0.25) is 0 Å². The summed E-state index contributed by atoms with van der Waals surface area (Å²) < 4.78 is 25.7. The standard InChI is InChI=1S/C60H50O21/c61-26-5-7-28-43(17-26)78-57(23-2-10-34(64)39(69)14-23)53(75)46(28)30-19-31-45(21-37(30)67)80-59(25-4-12-36(66)41(71)16-25)55(77)48(31)50-52(74)49(51(73)32-20-42(72)56(81-60(32)50)22-1-9-33(63)38(68)13-22)47-29-8-6-27(62)18-44(29)79-58(54(47)76)24-3-11-35(65)40(70)15-24/h1-19,21,42,46-48,53-59,61-77H,20H2/t42-,46-,47+,48-,53+,54+,55+,56-,57-,58-,59-/m1/s1. The number of rotatable bonds is 7. The molecule has 21 heteroatoms. The SMILES string of the molecule is Oc1ccc2c(c1)O[C@H](c1ccc(O)c(O)c1)[C@@H](O)[C@H]2c1cc2c(cc1O)O[C@H](c1ccc(O)c(O)c1)[C@@H](O)[C@H]2c1c(O)c([C@@H]2c3ccc(O)cc3O[C@H](c3ccc(O)c(O)c3)[C@H]2O)c(O)c2c1O[C@H](c1ccc(O)c(O)c1)[C@H](O)C2. The minimum Gasteiger partial charge on any atom is -0.508 e. The molecule has 0 saturated heterocycles. The average Bonchev–Trinajstić information content (AvgIpc) is 3.52. The molecule has 0 amide bonds. The number of phenols is 13. The van der Waals surface area contributed by atoms with Gasteiger partial charge in [0.05, 0.1) is 6.10 Å². The van der Waals surface area contributed by atoms with Crippen LogP contribution in [0.25, 0.3) is 0 Å². The van der Waals surface area contributed by atoms with Crippen molar-refractivity contribution in [3.63, 3.8) is 0 Å². The minimum absolute atomic E-state index is 0.0256. The van der Waals surface area contributed by atoms with Crippen molar-refractivity contribution in [2.45, 2.75) is 73.0 Å². The smallest absolute Gasteiger partial charge is 0.157 e. The molecule has 4 heterocycles. The number of hydrogen-bond acceptors (Lipinski definition) is 21. The van der Waals surface area contributed by atoms with Gasteiger partial charge in [0, 0.05) is 81.3 Å². The molecule has 0 unspecified atom stereocenters. The minimum atomic E-state index is -1.94. The average molecular weight is 1110 g/mol. The van der Waals surface area contributed by atoms with Crippen molar-refractivity contribution in [2.24, 2.45) is 0 Å².